The number of pyridine rings is 1. The summed E-state index contributed by atoms with van der Waals surface area (Å²) < 4.78 is 17.4. The maximum atomic E-state index is 14.0. The number of anilines is 1. The number of imidazole rings is 1. The summed E-state index contributed by atoms with van der Waals surface area (Å²) in [6.07, 6.45) is 4.89. The molecule has 0 saturated heterocycles. The molecular formula is C19H15ClFN5O3. The van der Waals surface area contributed by atoms with E-state index in [0.29, 0.717) is 5.65 Å². The molecule has 0 aliphatic heterocycles. The predicted molar refractivity (Wildman–Crippen MR) is 97.5 cm³/mol. The molecule has 3 aromatic heterocycles. The van der Waals surface area contributed by atoms with Gasteiger partial charge in [0.15, 0.2) is 7.05 Å². The fourth-order valence-corrected chi connectivity index (χ4v) is 2.95. The van der Waals surface area contributed by atoms with Crippen LogP contribution >= 0.6 is 0 Å². The van der Waals surface area contributed by atoms with Gasteiger partial charge in [0.05, 0.1) is 29.2 Å². The molecule has 10 heteroatoms. The number of carboxylic acids is 1. The highest BCUT2D eigenvalue weighted by Gasteiger charge is 2.17. The second kappa shape index (κ2) is 7.72. The topological polar surface area (TPSA) is 103 Å². The Morgan fingerprint density at radius 3 is 2.72 bits per heavy atom. The maximum Gasteiger partial charge on any atom is 0.335 e. The van der Waals surface area contributed by atoms with Gasteiger partial charge in [-0.3, -0.25) is 9.20 Å². The van der Waals surface area contributed by atoms with E-state index in [1.54, 1.807) is 10.6 Å². The SMILES string of the molecule is C[n+]1[nH]ccc1-c1ccn2c(C(=O)Nc3cc(C(=O)O)ccc3F)cnc2c1.[Cl-]. The van der Waals surface area contributed by atoms with Crippen LogP contribution in [0.5, 0.6) is 0 Å². The number of halogens is 2. The molecule has 0 unspecified atom stereocenters. The molecule has 29 heavy (non-hydrogen) atoms. The van der Waals surface area contributed by atoms with Crippen LogP contribution in [0.25, 0.3) is 16.9 Å². The third-order valence-corrected chi connectivity index (χ3v) is 4.37. The maximum absolute atomic E-state index is 14.0. The number of H-pyrrole nitrogens is 1. The predicted octanol–water partition coefficient (Wildman–Crippen LogP) is -0.752. The minimum Gasteiger partial charge on any atom is -1.00 e. The van der Waals surface area contributed by atoms with Crippen LogP contribution < -0.4 is 22.4 Å². The number of hydrogen-bond donors (Lipinski definition) is 3. The Labute approximate surface area is 170 Å². The molecule has 0 aliphatic carbocycles. The number of hydrogen-bond acceptors (Lipinski definition) is 3. The Morgan fingerprint density at radius 2 is 2.03 bits per heavy atom. The number of rotatable bonds is 4. The van der Waals surface area contributed by atoms with E-state index in [0.717, 1.165) is 29.5 Å². The number of carboxylic acid groups (broad SMARTS) is 1. The highest BCUT2D eigenvalue weighted by Crippen LogP contribution is 2.20. The molecule has 0 aliphatic rings. The highest BCUT2D eigenvalue weighted by atomic mass is 35.5. The summed E-state index contributed by atoms with van der Waals surface area (Å²) in [5.41, 5.74) is 2.26. The first-order valence-corrected chi connectivity index (χ1v) is 8.29. The summed E-state index contributed by atoms with van der Waals surface area (Å²) >= 11 is 0. The fraction of sp³-hybridized carbons (Fsp3) is 0.0526. The van der Waals surface area contributed by atoms with E-state index in [-0.39, 0.29) is 29.4 Å². The smallest absolute Gasteiger partial charge is 0.335 e. The average molecular weight is 416 g/mol. The zero-order valence-electron chi connectivity index (χ0n) is 15.1. The van der Waals surface area contributed by atoms with Gasteiger partial charge in [0.25, 0.3) is 5.91 Å². The van der Waals surface area contributed by atoms with Crippen molar-refractivity contribution in [3.8, 4) is 11.3 Å². The number of aromatic nitrogens is 4. The molecule has 0 fully saturated rings. The third-order valence-electron chi connectivity index (χ3n) is 4.37. The second-order valence-corrected chi connectivity index (χ2v) is 6.15. The van der Waals surface area contributed by atoms with E-state index in [9.17, 15) is 14.0 Å². The molecule has 4 aromatic rings. The van der Waals surface area contributed by atoms with Crippen LogP contribution in [0.2, 0.25) is 0 Å². The molecule has 1 aromatic carbocycles. The number of carbonyl (C=O) groups excluding carboxylic acids is 1. The number of aromatic amines is 1. The molecule has 3 N–H and O–H groups in total. The van der Waals surface area contributed by atoms with Gasteiger partial charge >= 0.3 is 5.97 Å². The molecule has 0 atom stereocenters. The van der Waals surface area contributed by atoms with Gasteiger partial charge in [0, 0.05) is 12.3 Å². The van der Waals surface area contributed by atoms with Crippen molar-refractivity contribution in [3.05, 3.63) is 72.1 Å². The lowest BCUT2D eigenvalue weighted by atomic mass is 10.2. The van der Waals surface area contributed by atoms with Crippen molar-refractivity contribution in [2.75, 3.05) is 5.32 Å². The number of nitrogens with zero attached hydrogens (tertiary/aromatic N) is 3. The summed E-state index contributed by atoms with van der Waals surface area (Å²) in [5, 5.41) is 14.5. The quantitative estimate of drug-likeness (QED) is 0.381. The van der Waals surface area contributed by atoms with Crippen LogP contribution in [-0.4, -0.2) is 31.5 Å². The van der Waals surface area contributed by atoms with E-state index in [1.807, 2.05) is 36.1 Å². The zero-order valence-corrected chi connectivity index (χ0v) is 15.8. The lowest BCUT2D eigenvalue weighted by Gasteiger charge is -2.07. The Morgan fingerprint density at radius 1 is 1.24 bits per heavy atom. The Balaban J connectivity index is 0.00000240. The van der Waals surface area contributed by atoms with Crippen LogP contribution in [0.4, 0.5) is 10.1 Å². The van der Waals surface area contributed by atoms with Gasteiger partial charge in [-0.1, -0.05) is 0 Å². The molecule has 8 nitrogen and oxygen atoms in total. The fourth-order valence-electron chi connectivity index (χ4n) is 2.95. The first-order valence-electron chi connectivity index (χ1n) is 8.29. The number of fused-ring (bicyclic) bond motifs is 1. The van der Waals surface area contributed by atoms with Crippen LogP contribution in [0.1, 0.15) is 20.8 Å². The molecular weight excluding hydrogens is 401 g/mol. The molecule has 148 valence electrons. The van der Waals surface area contributed by atoms with Crippen molar-refractivity contribution < 1.29 is 36.2 Å². The van der Waals surface area contributed by atoms with Crippen LogP contribution in [0.15, 0.2) is 55.0 Å². The third kappa shape index (κ3) is 3.67. The normalized spacial score (nSPS) is 10.6. The minimum absolute atomic E-state index is 0. The number of aromatic carboxylic acids is 1. The Bertz CT molecular complexity index is 1230. The van der Waals surface area contributed by atoms with Crippen molar-refractivity contribution in [1.29, 1.82) is 0 Å². The van der Waals surface area contributed by atoms with Crippen molar-refractivity contribution in [3.63, 3.8) is 0 Å². The zero-order chi connectivity index (χ0) is 19.8. The number of carbonyl (C=O) groups is 2. The molecule has 4 rings (SSSR count). The first-order chi connectivity index (χ1) is 13.4. The van der Waals surface area contributed by atoms with E-state index in [1.165, 1.54) is 6.20 Å². The summed E-state index contributed by atoms with van der Waals surface area (Å²) in [6.45, 7) is 0. The van der Waals surface area contributed by atoms with Crippen molar-refractivity contribution in [2.45, 2.75) is 0 Å². The van der Waals surface area contributed by atoms with E-state index in [4.69, 9.17) is 5.11 Å². The lowest BCUT2D eigenvalue weighted by molar-refractivity contribution is -0.716. The minimum atomic E-state index is -1.21. The molecule has 0 radical (unpaired) electrons. The summed E-state index contributed by atoms with van der Waals surface area (Å²) in [4.78, 5) is 27.9. The number of aryl methyl sites for hydroxylation is 1. The monoisotopic (exact) mass is 415 g/mol. The molecule has 0 spiro atoms. The van der Waals surface area contributed by atoms with Gasteiger partial charge in [-0.05, 0) is 30.3 Å². The Kier molecular flexibility index (Phi) is 5.33. The van der Waals surface area contributed by atoms with Crippen LogP contribution in [-0.2, 0) is 7.05 Å². The number of nitrogens with one attached hydrogen (secondary N) is 2. The lowest BCUT2D eigenvalue weighted by Crippen LogP contribution is -3.00. The second-order valence-electron chi connectivity index (χ2n) is 6.15. The van der Waals surface area contributed by atoms with Gasteiger partial charge in [0.2, 0.25) is 5.69 Å². The van der Waals surface area contributed by atoms with Gasteiger partial charge in [-0.2, -0.15) is 5.10 Å². The van der Waals surface area contributed by atoms with Gasteiger partial charge in [-0.15, -0.1) is 4.68 Å². The van der Waals surface area contributed by atoms with Crippen molar-refractivity contribution in [1.82, 2.24) is 14.5 Å². The largest absolute Gasteiger partial charge is 1.00 e. The Hall–Kier alpha value is -3.72. The number of benzene rings is 1. The van der Waals surface area contributed by atoms with Gasteiger partial charge < -0.3 is 22.8 Å². The molecule has 0 bridgehead atoms. The molecule has 1 amide bonds. The van der Waals surface area contributed by atoms with Crippen LogP contribution in [0, 0.1) is 5.82 Å². The summed E-state index contributed by atoms with van der Waals surface area (Å²) in [7, 11) is 1.88. The number of amides is 1. The highest BCUT2D eigenvalue weighted by molar-refractivity contribution is 6.04. The standard InChI is InChI=1S/C19H14FN5O3.ClH/c1-24-15(4-6-22-24)11-5-7-25-16(10-21-17(25)9-11)18(26)23-14-8-12(19(27)28)2-3-13(14)20;/h2-10H,1H3,(H2,23,26,27,28);1H. The van der Waals surface area contributed by atoms with Crippen molar-refractivity contribution >= 4 is 23.2 Å². The van der Waals surface area contributed by atoms with Gasteiger partial charge in [-0.25, -0.2) is 14.2 Å². The van der Waals surface area contributed by atoms with Gasteiger partial charge in [0.1, 0.15) is 17.2 Å². The average Bonchev–Trinajstić information content (AvgIpc) is 3.28. The molecule has 3 heterocycles. The van der Waals surface area contributed by atoms with Crippen LogP contribution in [0.3, 0.4) is 0 Å². The summed E-state index contributed by atoms with van der Waals surface area (Å²) in [6, 6.07) is 8.77. The van der Waals surface area contributed by atoms with E-state index < -0.39 is 17.7 Å². The van der Waals surface area contributed by atoms with E-state index >= 15 is 0 Å². The summed E-state index contributed by atoms with van der Waals surface area (Å²) in [5.74, 6) is -2.54. The van der Waals surface area contributed by atoms with Crippen molar-refractivity contribution in [2.24, 2.45) is 7.05 Å². The van der Waals surface area contributed by atoms with E-state index in [2.05, 4.69) is 15.4 Å². The first kappa shape index (κ1) is 20.0. The molecule has 0 saturated carbocycles.